The van der Waals surface area contributed by atoms with Gasteiger partial charge in [-0.05, 0) is 31.2 Å². The fourth-order valence-electron chi connectivity index (χ4n) is 4.35. The summed E-state index contributed by atoms with van der Waals surface area (Å²) in [5, 5.41) is 0.104. The molecule has 1 unspecified atom stereocenters. The third-order valence-corrected chi connectivity index (χ3v) is 5.90. The molecule has 2 fully saturated rings. The molecule has 0 saturated heterocycles. The smallest absolute Gasteiger partial charge is 0.268 e. The quantitative estimate of drug-likeness (QED) is 0.875. The van der Waals surface area contributed by atoms with Crippen molar-refractivity contribution in [3.63, 3.8) is 0 Å². The van der Waals surface area contributed by atoms with E-state index in [9.17, 15) is 18.4 Å². The highest BCUT2D eigenvalue weighted by molar-refractivity contribution is 6.03. The van der Waals surface area contributed by atoms with Crippen LogP contribution in [0, 0.1) is 11.3 Å². The molecule has 0 aliphatic heterocycles. The fourth-order valence-corrected chi connectivity index (χ4v) is 4.35. The lowest BCUT2D eigenvalue weighted by Gasteiger charge is -2.40. The third-order valence-electron chi connectivity index (χ3n) is 5.90. The standard InChI is InChI=1S/C18H19F2N3O2/c1-9-7-17(3-4-17)18(19,20)8-10(9)12-6-13(24)14-11(23-12)2-5-22-15(14)16(21)25/h2,5-6,9-10H,3-4,7-8H2,1H3,(H2,21,25)(H,23,24)/t9?,10-/m1/s1. The van der Waals surface area contributed by atoms with Crippen molar-refractivity contribution >= 4 is 16.8 Å². The Morgan fingerprint density at radius 3 is 2.72 bits per heavy atom. The van der Waals surface area contributed by atoms with E-state index >= 15 is 0 Å². The number of hydrogen-bond donors (Lipinski definition) is 2. The van der Waals surface area contributed by atoms with Crippen LogP contribution in [0.3, 0.4) is 0 Å². The summed E-state index contributed by atoms with van der Waals surface area (Å²) in [5.74, 6) is -3.89. The van der Waals surface area contributed by atoms with E-state index in [0.717, 1.165) is 0 Å². The fraction of sp³-hybridized carbons (Fsp3) is 0.500. The van der Waals surface area contributed by atoms with Gasteiger partial charge in [-0.1, -0.05) is 6.92 Å². The summed E-state index contributed by atoms with van der Waals surface area (Å²) in [6.07, 6.45) is 2.75. The Morgan fingerprint density at radius 2 is 2.08 bits per heavy atom. The molecule has 0 radical (unpaired) electrons. The number of alkyl halides is 2. The third kappa shape index (κ3) is 2.36. The van der Waals surface area contributed by atoms with Crippen LogP contribution in [-0.2, 0) is 0 Å². The minimum absolute atomic E-state index is 0.0488. The van der Waals surface area contributed by atoms with Crippen molar-refractivity contribution < 1.29 is 13.6 Å². The van der Waals surface area contributed by atoms with Crippen LogP contribution in [0.4, 0.5) is 8.78 Å². The first-order valence-corrected chi connectivity index (χ1v) is 8.44. The number of aromatic nitrogens is 2. The van der Waals surface area contributed by atoms with E-state index in [2.05, 4.69) is 9.97 Å². The SMILES string of the molecule is CC1CC2(CC2)C(F)(F)C[C@H]1c1cc(=O)c2c(C(N)=O)nccc2[nH]1. The Hall–Kier alpha value is -2.31. The second-order valence-corrected chi connectivity index (χ2v) is 7.51. The van der Waals surface area contributed by atoms with Crippen LogP contribution in [0.2, 0.25) is 0 Å². The number of nitrogens with zero attached hydrogens (tertiary/aromatic N) is 1. The number of nitrogens with one attached hydrogen (secondary N) is 1. The van der Waals surface area contributed by atoms with Gasteiger partial charge in [0.1, 0.15) is 5.69 Å². The van der Waals surface area contributed by atoms with E-state index in [1.165, 1.54) is 12.3 Å². The molecule has 2 heterocycles. The highest BCUT2D eigenvalue weighted by Crippen LogP contribution is 2.67. The van der Waals surface area contributed by atoms with Crippen LogP contribution < -0.4 is 11.2 Å². The number of carbonyl (C=O) groups is 1. The normalized spacial score (nSPS) is 26.7. The number of primary amides is 1. The van der Waals surface area contributed by atoms with E-state index in [1.54, 1.807) is 6.07 Å². The molecule has 1 amide bonds. The van der Waals surface area contributed by atoms with Crippen LogP contribution >= 0.6 is 0 Å². The number of nitrogens with two attached hydrogens (primary N) is 1. The lowest BCUT2D eigenvalue weighted by atomic mass is 9.69. The van der Waals surface area contributed by atoms with Crippen molar-refractivity contribution in [3.8, 4) is 0 Å². The summed E-state index contributed by atoms with van der Waals surface area (Å²) in [4.78, 5) is 30.9. The second-order valence-electron chi connectivity index (χ2n) is 7.51. The molecule has 7 heteroatoms. The van der Waals surface area contributed by atoms with Gasteiger partial charge in [0, 0.05) is 35.7 Å². The van der Waals surface area contributed by atoms with E-state index in [1.807, 2.05) is 6.92 Å². The van der Waals surface area contributed by atoms with Gasteiger partial charge in [0.05, 0.1) is 10.9 Å². The molecule has 2 aromatic heterocycles. The Labute approximate surface area is 142 Å². The van der Waals surface area contributed by atoms with Crippen molar-refractivity contribution in [1.29, 1.82) is 0 Å². The van der Waals surface area contributed by atoms with Gasteiger partial charge in [0.2, 0.25) is 0 Å². The molecular weight excluding hydrogens is 328 g/mol. The number of hydrogen-bond acceptors (Lipinski definition) is 3. The Kier molecular flexibility index (Phi) is 3.30. The monoisotopic (exact) mass is 347 g/mol. The lowest BCUT2D eigenvalue weighted by Crippen LogP contribution is -2.40. The summed E-state index contributed by atoms with van der Waals surface area (Å²) in [5.41, 5.74) is 4.79. The second kappa shape index (κ2) is 5.09. The van der Waals surface area contributed by atoms with Crippen molar-refractivity contribution in [2.45, 2.75) is 44.4 Å². The maximum absolute atomic E-state index is 14.6. The van der Waals surface area contributed by atoms with Crippen molar-refractivity contribution in [2.24, 2.45) is 17.1 Å². The van der Waals surface area contributed by atoms with Crippen molar-refractivity contribution in [3.05, 3.63) is 39.9 Å². The maximum Gasteiger partial charge on any atom is 0.268 e. The molecule has 2 aliphatic carbocycles. The summed E-state index contributed by atoms with van der Waals surface area (Å²) >= 11 is 0. The predicted molar refractivity (Wildman–Crippen MR) is 88.6 cm³/mol. The van der Waals surface area contributed by atoms with Crippen LogP contribution in [0.5, 0.6) is 0 Å². The Bertz CT molecular complexity index is 934. The molecule has 132 valence electrons. The van der Waals surface area contributed by atoms with Crippen LogP contribution in [0.1, 0.15) is 54.7 Å². The van der Waals surface area contributed by atoms with Gasteiger partial charge in [0.15, 0.2) is 5.43 Å². The number of rotatable bonds is 2. The largest absolute Gasteiger partial charge is 0.364 e. The maximum atomic E-state index is 14.6. The zero-order valence-corrected chi connectivity index (χ0v) is 13.8. The number of pyridine rings is 2. The first kappa shape index (κ1) is 16.2. The summed E-state index contributed by atoms with van der Waals surface area (Å²) in [6, 6.07) is 2.87. The highest BCUT2D eigenvalue weighted by Gasteiger charge is 2.65. The van der Waals surface area contributed by atoms with Crippen LogP contribution in [0.25, 0.3) is 10.9 Å². The van der Waals surface area contributed by atoms with Gasteiger partial charge in [-0.3, -0.25) is 14.6 Å². The number of amides is 1. The van der Waals surface area contributed by atoms with E-state index in [0.29, 0.717) is 30.5 Å². The number of carbonyl (C=O) groups excluding carboxylic acids is 1. The molecule has 2 saturated carbocycles. The first-order valence-electron chi connectivity index (χ1n) is 8.44. The summed E-state index contributed by atoms with van der Waals surface area (Å²) in [6.45, 7) is 1.96. The number of aromatic amines is 1. The molecule has 2 aliphatic rings. The molecule has 5 nitrogen and oxygen atoms in total. The first-order chi connectivity index (χ1) is 11.7. The van der Waals surface area contributed by atoms with Crippen molar-refractivity contribution in [2.75, 3.05) is 0 Å². The molecule has 1 spiro atoms. The zero-order chi connectivity index (χ0) is 18.0. The molecular formula is C18H19F2N3O2. The number of fused-ring (bicyclic) bond motifs is 1. The minimum atomic E-state index is -2.72. The molecule has 3 N–H and O–H groups in total. The lowest BCUT2D eigenvalue weighted by molar-refractivity contribution is -0.119. The van der Waals surface area contributed by atoms with Crippen LogP contribution in [0.15, 0.2) is 23.1 Å². The molecule has 0 aromatic carbocycles. The highest BCUT2D eigenvalue weighted by atomic mass is 19.3. The predicted octanol–water partition coefficient (Wildman–Crippen LogP) is 2.95. The molecule has 2 aromatic rings. The average molecular weight is 347 g/mol. The summed E-state index contributed by atoms with van der Waals surface area (Å²) in [7, 11) is 0. The van der Waals surface area contributed by atoms with E-state index < -0.39 is 28.6 Å². The van der Waals surface area contributed by atoms with E-state index in [-0.39, 0.29) is 23.4 Å². The molecule has 2 atom stereocenters. The zero-order valence-electron chi connectivity index (χ0n) is 13.8. The Morgan fingerprint density at radius 1 is 1.36 bits per heavy atom. The molecule has 25 heavy (non-hydrogen) atoms. The topological polar surface area (TPSA) is 88.8 Å². The van der Waals surface area contributed by atoms with Gasteiger partial charge in [-0.15, -0.1) is 0 Å². The van der Waals surface area contributed by atoms with Gasteiger partial charge in [-0.25, -0.2) is 8.78 Å². The van der Waals surface area contributed by atoms with Crippen molar-refractivity contribution in [1.82, 2.24) is 9.97 Å². The van der Waals surface area contributed by atoms with Crippen LogP contribution in [-0.4, -0.2) is 21.8 Å². The van der Waals surface area contributed by atoms with Gasteiger partial charge >= 0.3 is 0 Å². The average Bonchev–Trinajstić information content (AvgIpc) is 3.31. The van der Waals surface area contributed by atoms with Gasteiger partial charge < -0.3 is 10.7 Å². The van der Waals surface area contributed by atoms with E-state index in [4.69, 9.17) is 5.73 Å². The Balaban J connectivity index is 1.80. The van der Waals surface area contributed by atoms with Gasteiger partial charge in [0.25, 0.3) is 11.8 Å². The minimum Gasteiger partial charge on any atom is -0.364 e. The number of halogens is 2. The number of H-pyrrole nitrogens is 1. The summed E-state index contributed by atoms with van der Waals surface area (Å²) < 4.78 is 29.2. The molecule has 4 rings (SSSR count). The molecule has 0 bridgehead atoms. The van der Waals surface area contributed by atoms with Gasteiger partial charge in [-0.2, -0.15) is 0 Å².